The predicted molar refractivity (Wildman–Crippen MR) is 103 cm³/mol. The molecule has 0 saturated carbocycles. The van der Waals surface area contributed by atoms with Crippen LogP contribution in [0.25, 0.3) is 0 Å². The average molecular weight is 399 g/mol. The maximum Gasteiger partial charge on any atom is 0.311 e. The Morgan fingerprint density at radius 3 is 2.54 bits per heavy atom. The number of aryl methyl sites for hydroxylation is 2. The number of rotatable bonds is 9. The summed E-state index contributed by atoms with van der Waals surface area (Å²) < 4.78 is 12.4. The van der Waals surface area contributed by atoms with Gasteiger partial charge in [-0.2, -0.15) is 0 Å². The van der Waals surface area contributed by atoms with E-state index in [1.807, 2.05) is 27.7 Å². The van der Waals surface area contributed by atoms with E-state index in [9.17, 15) is 4.79 Å². The monoisotopic (exact) mass is 398 g/mol. The SMILES string of the molecule is CCc1cc(Br)c(C)cc1OCCCC(C)(C)C(=O)OCC(C)C. The van der Waals surface area contributed by atoms with E-state index in [0.29, 0.717) is 19.1 Å². The molecule has 3 nitrogen and oxygen atoms in total. The highest BCUT2D eigenvalue weighted by Crippen LogP contribution is 2.29. The lowest BCUT2D eigenvalue weighted by atomic mass is 9.88. The van der Waals surface area contributed by atoms with Crippen LogP contribution in [0, 0.1) is 18.3 Å². The van der Waals surface area contributed by atoms with E-state index in [4.69, 9.17) is 9.47 Å². The van der Waals surface area contributed by atoms with Crippen LogP contribution in [0.15, 0.2) is 16.6 Å². The summed E-state index contributed by atoms with van der Waals surface area (Å²) in [5, 5.41) is 0. The van der Waals surface area contributed by atoms with Crippen molar-refractivity contribution < 1.29 is 14.3 Å². The van der Waals surface area contributed by atoms with E-state index in [2.05, 4.69) is 41.9 Å². The zero-order valence-electron chi connectivity index (χ0n) is 15.9. The number of carbonyl (C=O) groups is 1. The topological polar surface area (TPSA) is 35.5 Å². The molecule has 24 heavy (non-hydrogen) atoms. The van der Waals surface area contributed by atoms with Crippen LogP contribution in [0.1, 0.15) is 58.6 Å². The van der Waals surface area contributed by atoms with E-state index < -0.39 is 5.41 Å². The van der Waals surface area contributed by atoms with Crippen molar-refractivity contribution in [2.75, 3.05) is 13.2 Å². The first-order valence-electron chi connectivity index (χ1n) is 8.76. The van der Waals surface area contributed by atoms with Gasteiger partial charge in [-0.25, -0.2) is 0 Å². The van der Waals surface area contributed by atoms with Crippen LogP contribution in [0.5, 0.6) is 5.75 Å². The first-order chi connectivity index (χ1) is 11.2. The maximum atomic E-state index is 12.1. The van der Waals surface area contributed by atoms with Crippen molar-refractivity contribution >= 4 is 21.9 Å². The molecule has 0 saturated heterocycles. The van der Waals surface area contributed by atoms with Crippen molar-refractivity contribution in [2.45, 2.75) is 60.8 Å². The molecule has 1 aromatic carbocycles. The average Bonchev–Trinajstić information content (AvgIpc) is 2.51. The molecule has 0 amide bonds. The molecule has 0 fully saturated rings. The quantitative estimate of drug-likeness (QED) is 0.394. The van der Waals surface area contributed by atoms with E-state index in [1.165, 1.54) is 11.1 Å². The van der Waals surface area contributed by atoms with Crippen molar-refractivity contribution in [3.05, 3.63) is 27.7 Å². The first kappa shape index (κ1) is 21.0. The molecule has 0 aliphatic rings. The van der Waals surface area contributed by atoms with Gasteiger partial charge in [0.05, 0.1) is 18.6 Å². The highest BCUT2D eigenvalue weighted by atomic mass is 79.9. The summed E-state index contributed by atoms with van der Waals surface area (Å²) >= 11 is 3.56. The third-order valence-electron chi connectivity index (χ3n) is 4.03. The lowest BCUT2D eigenvalue weighted by Crippen LogP contribution is -2.28. The van der Waals surface area contributed by atoms with Gasteiger partial charge < -0.3 is 9.47 Å². The second kappa shape index (κ2) is 9.45. The summed E-state index contributed by atoms with van der Waals surface area (Å²) in [7, 11) is 0. The van der Waals surface area contributed by atoms with Crippen molar-refractivity contribution in [1.29, 1.82) is 0 Å². The Morgan fingerprint density at radius 1 is 1.29 bits per heavy atom. The molecule has 0 spiro atoms. The van der Waals surface area contributed by atoms with Crippen LogP contribution in [0.2, 0.25) is 0 Å². The number of halogens is 1. The molecule has 1 aromatic rings. The van der Waals surface area contributed by atoms with Gasteiger partial charge in [0.2, 0.25) is 0 Å². The van der Waals surface area contributed by atoms with Crippen molar-refractivity contribution in [2.24, 2.45) is 11.3 Å². The van der Waals surface area contributed by atoms with Gasteiger partial charge in [0.15, 0.2) is 0 Å². The lowest BCUT2D eigenvalue weighted by molar-refractivity contribution is -0.155. The van der Waals surface area contributed by atoms with Gasteiger partial charge >= 0.3 is 5.97 Å². The molecule has 0 bridgehead atoms. The summed E-state index contributed by atoms with van der Waals surface area (Å²) in [5.74, 6) is 1.18. The first-order valence-corrected chi connectivity index (χ1v) is 9.55. The lowest BCUT2D eigenvalue weighted by Gasteiger charge is -2.23. The van der Waals surface area contributed by atoms with Crippen LogP contribution in [0.4, 0.5) is 0 Å². The minimum absolute atomic E-state index is 0.120. The molecular formula is C20H31BrO3. The molecule has 136 valence electrons. The highest BCUT2D eigenvalue weighted by molar-refractivity contribution is 9.10. The third kappa shape index (κ3) is 6.46. The van der Waals surface area contributed by atoms with Gasteiger partial charge in [-0.1, -0.05) is 36.7 Å². The van der Waals surface area contributed by atoms with Gasteiger partial charge in [0, 0.05) is 4.47 Å². The van der Waals surface area contributed by atoms with E-state index in [0.717, 1.165) is 29.5 Å². The molecule has 0 radical (unpaired) electrons. The minimum atomic E-state index is -0.471. The van der Waals surface area contributed by atoms with Gasteiger partial charge in [-0.05, 0) is 69.2 Å². The minimum Gasteiger partial charge on any atom is -0.493 e. The second-order valence-corrected chi connectivity index (χ2v) is 8.25. The van der Waals surface area contributed by atoms with Crippen LogP contribution >= 0.6 is 15.9 Å². The van der Waals surface area contributed by atoms with Gasteiger partial charge in [-0.3, -0.25) is 4.79 Å². The van der Waals surface area contributed by atoms with Crippen molar-refractivity contribution in [3.63, 3.8) is 0 Å². The second-order valence-electron chi connectivity index (χ2n) is 7.39. The number of ether oxygens (including phenoxy) is 2. The molecule has 0 aromatic heterocycles. The Kier molecular flexibility index (Phi) is 8.28. The Labute approximate surface area is 155 Å². The fourth-order valence-electron chi connectivity index (χ4n) is 2.34. The van der Waals surface area contributed by atoms with Crippen molar-refractivity contribution in [3.8, 4) is 5.75 Å². The van der Waals surface area contributed by atoms with E-state index in [1.54, 1.807) is 0 Å². The van der Waals surface area contributed by atoms with Crippen LogP contribution in [0.3, 0.4) is 0 Å². The van der Waals surface area contributed by atoms with Crippen LogP contribution < -0.4 is 4.74 Å². The largest absolute Gasteiger partial charge is 0.493 e. The molecule has 0 heterocycles. The van der Waals surface area contributed by atoms with Gasteiger partial charge in [-0.15, -0.1) is 0 Å². The Balaban J connectivity index is 2.50. The fraction of sp³-hybridized carbons (Fsp3) is 0.650. The number of carbonyl (C=O) groups excluding carboxylic acids is 1. The number of benzene rings is 1. The molecule has 0 atom stereocenters. The summed E-state index contributed by atoms with van der Waals surface area (Å²) in [6, 6.07) is 4.20. The fourth-order valence-corrected chi connectivity index (χ4v) is 2.73. The third-order valence-corrected chi connectivity index (χ3v) is 4.88. The molecule has 0 aliphatic heterocycles. The summed E-state index contributed by atoms with van der Waals surface area (Å²) in [5.41, 5.74) is 1.89. The maximum absolute atomic E-state index is 12.1. The van der Waals surface area contributed by atoms with Crippen molar-refractivity contribution in [1.82, 2.24) is 0 Å². The Hall–Kier alpha value is -1.03. The normalized spacial score (nSPS) is 11.7. The van der Waals surface area contributed by atoms with E-state index >= 15 is 0 Å². The zero-order valence-corrected chi connectivity index (χ0v) is 17.5. The smallest absolute Gasteiger partial charge is 0.311 e. The Bertz CT molecular complexity index is 550. The van der Waals surface area contributed by atoms with Crippen LogP contribution in [-0.4, -0.2) is 19.2 Å². The Morgan fingerprint density at radius 2 is 1.96 bits per heavy atom. The molecule has 4 heteroatoms. The predicted octanol–water partition coefficient (Wildman–Crippen LogP) is 5.70. The van der Waals surface area contributed by atoms with Gasteiger partial charge in [0.25, 0.3) is 0 Å². The van der Waals surface area contributed by atoms with Gasteiger partial charge in [0.1, 0.15) is 5.75 Å². The number of hydrogen-bond acceptors (Lipinski definition) is 3. The molecular weight excluding hydrogens is 368 g/mol. The number of hydrogen-bond donors (Lipinski definition) is 0. The van der Waals surface area contributed by atoms with Crippen LogP contribution in [-0.2, 0) is 16.0 Å². The zero-order chi connectivity index (χ0) is 18.3. The molecule has 0 N–H and O–H groups in total. The standard InChI is InChI=1S/C20H31BrO3/c1-7-16-12-17(21)15(4)11-18(16)23-10-8-9-20(5,6)19(22)24-13-14(2)3/h11-12,14H,7-10,13H2,1-6H3. The molecule has 1 rings (SSSR count). The van der Waals surface area contributed by atoms with E-state index in [-0.39, 0.29) is 5.97 Å². The summed E-state index contributed by atoms with van der Waals surface area (Å²) in [6.07, 6.45) is 2.50. The summed E-state index contributed by atoms with van der Waals surface area (Å²) in [6.45, 7) is 13.2. The highest BCUT2D eigenvalue weighted by Gasteiger charge is 2.29. The summed E-state index contributed by atoms with van der Waals surface area (Å²) in [4.78, 5) is 12.1. The number of esters is 1. The molecule has 0 unspecified atom stereocenters. The molecule has 0 aliphatic carbocycles.